The number of aliphatic hydroxyl groups excluding tert-OH is 1. The van der Waals surface area contributed by atoms with Crippen molar-refractivity contribution in [2.75, 3.05) is 33.4 Å². The molecule has 2 aromatic carbocycles. The van der Waals surface area contributed by atoms with Crippen LogP contribution in [0.3, 0.4) is 0 Å². The van der Waals surface area contributed by atoms with Crippen LogP contribution in [0.15, 0.2) is 59.9 Å². The second kappa shape index (κ2) is 11.6. The van der Waals surface area contributed by atoms with Crippen molar-refractivity contribution >= 4 is 30.0 Å². The number of hydrogen-bond acceptors (Lipinski definition) is 5. The first-order valence-electron chi connectivity index (χ1n) is 10.2. The van der Waals surface area contributed by atoms with Crippen molar-refractivity contribution in [2.45, 2.75) is 20.3 Å². The standard InChI is InChI=1S/C18H21NO4.C7H8.ClH/c1-3-23-18(21)16-11-19(7-6-17(16)20)10-13-8-12-9-14(22-2)4-5-15(12)13;1-7-5-3-2-4-6-7;/h4-5,8-9,20H,3,6-7,10-11H2,1-2H3;2-6H,1H3;1H. The number of nitrogens with zero attached hydrogens (tertiary/aromatic N) is 1. The number of rotatable bonds is 5. The van der Waals surface area contributed by atoms with E-state index in [1.54, 1.807) is 14.0 Å². The maximum atomic E-state index is 11.9. The summed E-state index contributed by atoms with van der Waals surface area (Å²) in [5.74, 6) is 0.601. The lowest BCUT2D eigenvalue weighted by Crippen LogP contribution is -2.36. The molecule has 0 atom stereocenters. The van der Waals surface area contributed by atoms with Crippen LogP contribution in [0.5, 0.6) is 5.75 Å². The van der Waals surface area contributed by atoms with Gasteiger partial charge in [-0.2, -0.15) is 0 Å². The molecule has 1 aliphatic carbocycles. The van der Waals surface area contributed by atoms with E-state index in [1.165, 1.54) is 22.3 Å². The van der Waals surface area contributed by atoms with Gasteiger partial charge in [0.1, 0.15) is 11.5 Å². The van der Waals surface area contributed by atoms with Crippen LogP contribution in [0.1, 0.15) is 30.0 Å². The molecule has 0 saturated heterocycles. The normalized spacial score (nSPS) is 14.7. The van der Waals surface area contributed by atoms with Gasteiger partial charge >= 0.3 is 5.97 Å². The van der Waals surface area contributed by atoms with E-state index in [0.29, 0.717) is 25.1 Å². The highest BCUT2D eigenvalue weighted by molar-refractivity contribution is 5.97. The molecule has 0 fully saturated rings. The smallest absolute Gasteiger partial charge is 0.338 e. The largest absolute Gasteiger partial charge is 0.512 e. The van der Waals surface area contributed by atoms with Crippen LogP contribution in [-0.4, -0.2) is 49.3 Å². The first-order chi connectivity index (χ1) is 14.5. The topological polar surface area (TPSA) is 59.0 Å². The molecule has 0 unspecified atom stereocenters. The van der Waals surface area contributed by atoms with E-state index in [1.807, 2.05) is 30.3 Å². The molecule has 4 rings (SSSR count). The number of carbonyl (C=O) groups is 1. The molecule has 0 spiro atoms. The Morgan fingerprint density at radius 2 is 1.90 bits per heavy atom. The van der Waals surface area contributed by atoms with Gasteiger partial charge < -0.3 is 14.6 Å². The van der Waals surface area contributed by atoms with Gasteiger partial charge in [-0.25, -0.2) is 4.79 Å². The van der Waals surface area contributed by atoms with Crippen LogP contribution < -0.4 is 4.74 Å². The summed E-state index contributed by atoms with van der Waals surface area (Å²) < 4.78 is 10.2. The minimum absolute atomic E-state index is 0. The van der Waals surface area contributed by atoms with Crippen LogP contribution in [0.4, 0.5) is 0 Å². The highest BCUT2D eigenvalue weighted by Crippen LogP contribution is 2.36. The van der Waals surface area contributed by atoms with Crippen molar-refractivity contribution in [3.8, 4) is 5.75 Å². The molecule has 1 heterocycles. The molecule has 166 valence electrons. The number of aliphatic hydroxyl groups is 1. The average molecular weight is 444 g/mol. The monoisotopic (exact) mass is 443 g/mol. The molecular formula is C25H30ClNO4. The summed E-state index contributed by atoms with van der Waals surface area (Å²) in [6.07, 6.45) is 2.62. The Balaban J connectivity index is 0.000000364. The summed E-state index contributed by atoms with van der Waals surface area (Å²) in [5, 5.41) is 9.93. The Hall–Kier alpha value is -2.76. The summed E-state index contributed by atoms with van der Waals surface area (Å²) >= 11 is 0. The Morgan fingerprint density at radius 3 is 2.48 bits per heavy atom. The molecule has 2 aromatic rings. The molecule has 0 radical (unpaired) electrons. The number of methoxy groups -OCH3 is 1. The zero-order chi connectivity index (χ0) is 21.5. The molecule has 0 bridgehead atoms. The molecule has 5 nitrogen and oxygen atoms in total. The fourth-order valence-electron chi connectivity index (χ4n) is 3.52. The van der Waals surface area contributed by atoms with Gasteiger partial charge in [0, 0.05) is 26.1 Å². The number of aryl methyl sites for hydroxylation is 1. The van der Waals surface area contributed by atoms with Gasteiger partial charge in [-0.15, -0.1) is 12.4 Å². The zero-order valence-electron chi connectivity index (χ0n) is 18.3. The first-order valence-corrected chi connectivity index (χ1v) is 10.2. The van der Waals surface area contributed by atoms with Gasteiger partial charge in [0.15, 0.2) is 0 Å². The van der Waals surface area contributed by atoms with Crippen molar-refractivity contribution in [3.63, 3.8) is 0 Å². The molecule has 1 N–H and O–H groups in total. The Morgan fingerprint density at radius 1 is 1.16 bits per heavy atom. The number of fused-ring (bicyclic) bond motifs is 1. The Bertz CT molecular complexity index is 953. The van der Waals surface area contributed by atoms with Crippen molar-refractivity contribution in [1.82, 2.24) is 4.90 Å². The van der Waals surface area contributed by atoms with E-state index < -0.39 is 5.97 Å². The van der Waals surface area contributed by atoms with E-state index in [2.05, 4.69) is 36.1 Å². The molecule has 0 amide bonds. The highest BCUT2D eigenvalue weighted by Gasteiger charge is 2.27. The van der Waals surface area contributed by atoms with Crippen molar-refractivity contribution in [3.05, 3.63) is 76.6 Å². The number of esters is 1. The van der Waals surface area contributed by atoms with E-state index in [4.69, 9.17) is 9.47 Å². The predicted molar refractivity (Wildman–Crippen MR) is 127 cm³/mol. The first kappa shape index (κ1) is 24.5. The summed E-state index contributed by atoms with van der Waals surface area (Å²) in [5.41, 5.74) is 5.35. The van der Waals surface area contributed by atoms with Gasteiger partial charge in [0.05, 0.1) is 19.3 Å². The Kier molecular flexibility index (Phi) is 9.16. The van der Waals surface area contributed by atoms with Crippen molar-refractivity contribution in [2.24, 2.45) is 0 Å². The van der Waals surface area contributed by atoms with Gasteiger partial charge in [-0.3, -0.25) is 4.90 Å². The molecule has 31 heavy (non-hydrogen) atoms. The predicted octanol–water partition coefficient (Wildman–Crippen LogP) is 5.05. The molecule has 0 aromatic heterocycles. The number of benzene rings is 2. The summed E-state index contributed by atoms with van der Waals surface area (Å²) in [7, 11) is 1.66. The highest BCUT2D eigenvalue weighted by atomic mass is 35.5. The maximum Gasteiger partial charge on any atom is 0.338 e. The van der Waals surface area contributed by atoms with E-state index in [-0.39, 0.29) is 18.2 Å². The minimum Gasteiger partial charge on any atom is -0.512 e. The fourth-order valence-corrected chi connectivity index (χ4v) is 3.52. The van der Waals surface area contributed by atoms with E-state index in [9.17, 15) is 9.90 Å². The zero-order valence-corrected chi connectivity index (χ0v) is 19.1. The number of halogens is 1. The molecule has 1 aliphatic heterocycles. The van der Waals surface area contributed by atoms with Crippen LogP contribution >= 0.6 is 12.4 Å². The summed E-state index contributed by atoms with van der Waals surface area (Å²) in [6.45, 7) is 6.08. The van der Waals surface area contributed by atoms with E-state index in [0.717, 1.165) is 18.8 Å². The van der Waals surface area contributed by atoms with Gasteiger partial charge in [0.25, 0.3) is 0 Å². The average Bonchev–Trinajstić information content (AvgIpc) is 2.74. The summed E-state index contributed by atoms with van der Waals surface area (Å²) in [4.78, 5) is 14.1. The number of carbonyl (C=O) groups excluding carboxylic acids is 1. The van der Waals surface area contributed by atoms with Crippen LogP contribution in [0, 0.1) is 6.92 Å². The lowest BCUT2D eigenvalue weighted by molar-refractivity contribution is -0.139. The third-order valence-electron chi connectivity index (χ3n) is 5.19. The quantitative estimate of drug-likeness (QED) is 0.655. The maximum absolute atomic E-state index is 11.9. The Labute approximate surface area is 190 Å². The third kappa shape index (κ3) is 6.36. The van der Waals surface area contributed by atoms with Crippen molar-refractivity contribution in [1.29, 1.82) is 0 Å². The third-order valence-corrected chi connectivity index (χ3v) is 5.19. The summed E-state index contributed by atoms with van der Waals surface area (Å²) in [6, 6.07) is 16.3. The van der Waals surface area contributed by atoms with Crippen molar-refractivity contribution < 1.29 is 19.4 Å². The van der Waals surface area contributed by atoms with Gasteiger partial charge in [-0.05, 0) is 48.8 Å². The SMILES string of the molecule is CCOC(=O)C1=C(O)CCN(CC2=Cc3cc(OC)ccc32)C1.Cc1ccccc1.Cl. The van der Waals surface area contributed by atoms with Crippen LogP contribution in [0.25, 0.3) is 11.6 Å². The number of hydrogen-bond donors (Lipinski definition) is 1. The lowest BCUT2D eigenvalue weighted by Gasteiger charge is -2.31. The van der Waals surface area contributed by atoms with Gasteiger partial charge in [-0.1, -0.05) is 42.0 Å². The van der Waals surface area contributed by atoms with Crippen LogP contribution in [0.2, 0.25) is 0 Å². The van der Waals surface area contributed by atoms with Crippen LogP contribution in [-0.2, 0) is 9.53 Å². The van der Waals surface area contributed by atoms with E-state index >= 15 is 0 Å². The molecule has 2 aliphatic rings. The number of ether oxygens (including phenoxy) is 2. The molecule has 0 saturated carbocycles. The molecular weight excluding hydrogens is 414 g/mol. The molecule has 6 heteroatoms. The van der Waals surface area contributed by atoms with Gasteiger partial charge in [0.2, 0.25) is 0 Å². The fraction of sp³-hybridized carbons (Fsp3) is 0.320. The minimum atomic E-state index is -0.414. The second-order valence-corrected chi connectivity index (χ2v) is 7.38. The lowest BCUT2D eigenvalue weighted by atomic mass is 9.87. The second-order valence-electron chi connectivity index (χ2n) is 7.38.